The first-order valence-electron chi connectivity index (χ1n) is 5.76. The molecule has 0 spiro atoms. The molecule has 0 saturated carbocycles. The molecule has 1 N–H and O–H groups in total. The van der Waals surface area contributed by atoms with Crippen molar-refractivity contribution in [1.29, 1.82) is 0 Å². The number of carbonyl (C=O) groups is 1. The number of benzene rings is 1. The van der Waals surface area contributed by atoms with Crippen LogP contribution in [0.5, 0.6) is 11.6 Å². The van der Waals surface area contributed by atoms with Crippen molar-refractivity contribution in [2.24, 2.45) is 0 Å². The number of para-hydroxylation sites is 1. The summed E-state index contributed by atoms with van der Waals surface area (Å²) < 4.78 is 5.54. The lowest BCUT2D eigenvalue weighted by atomic mass is 10.2. The molecule has 19 heavy (non-hydrogen) atoms. The Morgan fingerprint density at radius 2 is 2.11 bits per heavy atom. The summed E-state index contributed by atoms with van der Waals surface area (Å²) in [6.45, 7) is 1.90. The SMILES string of the molecule is CCc1cc(C(=O)O)cc(Oc2ccccc2Cl)n1. The third-order valence-electron chi connectivity index (χ3n) is 2.52. The number of halogens is 1. The third kappa shape index (κ3) is 3.23. The van der Waals surface area contributed by atoms with Crippen LogP contribution < -0.4 is 4.74 Å². The Hall–Kier alpha value is -2.07. The van der Waals surface area contributed by atoms with Gasteiger partial charge in [-0.1, -0.05) is 30.7 Å². The summed E-state index contributed by atoms with van der Waals surface area (Å²) in [6.07, 6.45) is 0.625. The van der Waals surface area contributed by atoms with Gasteiger partial charge in [0.15, 0.2) is 0 Å². The Morgan fingerprint density at radius 1 is 1.37 bits per heavy atom. The van der Waals surface area contributed by atoms with Gasteiger partial charge in [-0.05, 0) is 24.6 Å². The molecule has 0 bridgehead atoms. The predicted molar refractivity (Wildman–Crippen MR) is 72.1 cm³/mol. The average molecular weight is 278 g/mol. The number of hydrogen-bond donors (Lipinski definition) is 1. The Balaban J connectivity index is 2.37. The molecule has 0 radical (unpaired) electrons. The molecule has 0 amide bonds. The first-order chi connectivity index (χ1) is 9.10. The molecule has 98 valence electrons. The maximum absolute atomic E-state index is 11.0. The monoisotopic (exact) mass is 277 g/mol. The van der Waals surface area contributed by atoms with E-state index in [1.54, 1.807) is 24.3 Å². The summed E-state index contributed by atoms with van der Waals surface area (Å²) >= 11 is 5.98. The predicted octanol–water partition coefficient (Wildman–Crippen LogP) is 3.79. The van der Waals surface area contributed by atoms with E-state index in [1.807, 2.05) is 6.92 Å². The van der Waals surface area contributed by atoms with Crippen LogP contribution in [0.3, 0.4) is 0 Å². The molecule has 0 aliphatic carbocycles. The zero-order valence-electron chi connectivity index (χ0n) is 10.3. The summed E-state index contributed by atoms with van der Waals surface area (Å²) in [6, 6.07) is 9.87. The normalized spacial score (nSPS) is 10.2. The first-order valence-corrected chi connectivity index (χ1v) is 6.14. The highest BCUT2D eigenvalue weighted by Gasteiger charge is 2.10. The van der Waals surface area contributed by atoms with Crippen LogP contribution in [0, 0.1) is 0 Å². The molecule has 0 aliphatic rings. The van der Waals surface area contributed by atoms with E-state index in [4.69, 9.17) is 21.4 Å². The fraction of sp³-hybridized carbons (Fsp3) is 0.143. The highest BCUT2D eigenvalue weighted by atomic mass is 35.5. The average Bonchev–Trinajstić information content (AvgIpc) is 2.41. The molecular formula is C14H12ClNO3. The Morgan fingerprint density at radius 3 is 2.74 bits per heavy atom. The minimum absolute atomic E-state index is 0.147. The van der Waals surface area contributed by atoms with Gasteiger partial charge in [0.1, 0.15) is 5.75 Å². The lowest BCUT2D eigenvalue weighted by Gasteiger charge is -2.08. The number of carboxylic acids is 1. The van der Waals surface area contributed by atoms with Crippen molar-refractivity contribution in [1.82, 2.24) is 4.98 Å². The van der Waals surface area contributed by atoms with Gasteiger partial charge in [-0.15, -0.1) is 0 Å². The molecule has 0 unspecified atom stereocenters. The van der Waals surface area contributed by atoms with E-state index in [0.29, 0.717) is 22.9 Å². The van der Waals surface area contributed by atoms with Crippen LogP contribution in [-0.2, 0) is 6.42 Å². The lowest BCUT2D eigenvalue weighted by molar-refractivity contribution is 0.0696. The second-order valence-corrected chi connectivity index (χ2v) is 4.28. The minimum atomic E-state index is -1.01. The fourth-order valence-electron chi connectivity index (χ4n) is 1.56. The van der Waals surface area contributed by atoms with Crippen LogP contribution in [0.25, 0.3) is 0 Å². The van der Waals surface area contributed by atoms with Crippen LogP contribution in [0.15, 0.2) is 36.4 Å². The molecule has 0 fully saturated rings. The van der Waals surface area contributed by atoms with Gasteiger partial charge < -0.3 is 9.84 Å². The molecule has 4 nitrogen and oxygen atoms in total. The lowest BCUT2D eigenvalue weighted by Crippen LogP contribution is -2.01. The molecule has 1 aromatic carbocycles. The molecule has 2 rings (SSSR count). The third-order valence-corrected chi connectivity index (χ3v) is 2.83. The van der Waals surface area contributed by atoms with Crippen LogP contribution in [-0.4, -0.2) is 16.1 Å². The van der Waals surface area contributed by atoms with Crippen LogP contribution in [0.2, 0.25) is 5.02 Å². The van der Waals surface area contributed by atoms with E-state index < -0.39 is 5.97 Å². The maximum Gasteiger partial charge on any atom is 0.335 e. The standard InChI is InChI=1S/C14H12ClNO3/c1-2-10-7-9(14(17)18)8-13(16-10)19-12-6-4-3-5-11(12)15/h3-8H,2H2,1H3,(H,17,18). The topological polar surface area (TPSA) is 59.4 Å². The van der Waals surface area contributed by atoms with Gasteiger partial charge in [0.25, 0.3) is 0 Å². The number of ether oxygens (including phenoxy) is 1. The second kappa shape index (κ2) is 5.71. The van der Waals surface area contributed by atoms with Gasteiger partial charge >= 0.3 is 5.97 Å². The molecule has 1 heterocycles. The van der Waals surface area contributed by atoms with Crippen LogP contribution >= 0.6 is 11.6 Å². The second-order valence-electron chi connectivity index (χ2n) is 3.88. The first kappa shape index (κ1) is 13.4. The molecule has 2 aromatic rings. The number of rotatable bonds is 4. The van der Waals surface area contributed by atoms with E-state index in [9.17, 15) is 4.79 Å². The van der Waals surface area contributed by atoms with E-state index >= 15 is 0 Å². The zero-order valence-corrected chi connectivity index (χ0v) is 11.0. The van der Waals surface area contributed by atoms with E-state index in [0.717, 1.165) is 0 Å². The van der Waals surface area contributed by atoms with Crippen molar-refractivity contribution >= 4 is 17.6 Å². The Labute approximate surface area is 115 Å². The quantitative estimate of drug-likeness (QED) is 0.924. The Kier molecular flexibility index (Phi) is 4.02. The summed E-state index contributed by atoms with van der Waals surface area (Å²) in [5.41, 5.74) is 0.802. The van der Waals surface area contributed by atoms with Gasteiger partial charge in [-0.2, -0.15) is 0 Å². The van der Waals surface area contributed by atoms with E-state index in [1.165, 1.54) is 12.1 Å². The zero-order chi connectivity index (χ0) is 13.8. The molecule has 1 aromatic heterocycles. The van der Waals surface area contributed by atoms with Gasteiger partial charge in [-0.3, -0.25) is 0 Å². The highest BCUT2D eigenvalue weighted by molar-refractivity contribution is 6.32. The van der Waals surface area contributed by atoms with Gasteiger partial charge in [-0.25, -0.2) is 9.78 Å². The van der Waals surface area contributed by atoms with Crippen LogP contribution in [0.4, 0.5) is 0 Å². The summed E-state index contributed by atoms with van der Waals surface area (Å²) in [7, 11) is 0. The molecular weight excluding hydrogens is 266 g/mol. The van der Waals surface area contributed by atoms with E-state index in [-0.39, 0.29) is 11.4 Å². The highest BCUT2D eigenvalue weighted by Crippen LogP contribution is 2.28. The van der Waals surface area contributed by atoms with Gasteiger partial charge in [0, 0.05) is 11.8 Å². The van der Waals surface area contributed by atoms with Crippen molar-refractivity contribution in [3.8, 4) is 11.6 Å². The smallest absolute Gasteiger partial charge is 0.335 e. The largest absolute Gasteiger partial charge is 0.478 e. The number of carboxylic acid groups (broad SMARTS) is 1. The van der Waals surface area contributed by atoms with Crippen molar-refractivity contribution in [3.63, 3.8) is 0 Å². The molecule has 0 saturated heterocycles. The number of hydrogen-bond acceptors (Lipinski definition) is 3. The van der Waals surface area contributed by atoms with Crippen molar-refractivity contribution in [2.75, 3.05) is 0 Å². The number of pyridine rings is 1. The number of aryl methyl sites for hydroxylation is 1. The van der Waals surface area contributed by atoms with Gasteiger partial charge in [0.05, 0.1) is 10.6 Å². The number of nitrogens with zero attached hydrogens (tertiary/aromatic N) is 1. The summed E-state index contributed by atoms with van der Waals surface area (Å²) in [5, 5.41) is 9.49. The van der Waals surface area contributed by atoms with Crippen LogP contribution in [0.1, 0.15) is 23.0 Å². The fourth-order valence-corrected chi connectivity index (χ4v) is 1.73. The minimum Gasteiger partial charge on any atom is -0.478 e. The number of aromatic nitrogens is 1. The molecule has 0 aliphatic heterocycles. The maximum atomic E-state index is 11.0. The summed E-state index contributed by atoms with van der Waals surface area (Å²) in [4.78, 5) is 15.3. The van der Waals surface area contributed by atoms with Crippen molar-refractivity contribution < 1.29 is 14.6 Å². The molecule has 0 atom stereocenters. The van der Waals surface area contributed by atoms with Crippen molar-refractivity contribution in [3.05, 3.63) is 52.7 Å². The van der Waals surface area contributed by atoms with E-state index in [2.05, 4.69) is 4.98 Å². The Bertz CT molecular complexity index is 613. The molecule has 5 heteroatoms. The summed E-state index contributed by atoms with van der Waals surface area (Å²) in [5.74, 6) is -0.341. The number of aromatic carboxylic acids is 1. The van der Waals surface area contributed by atoms with Crippen molar-refractivity contribution in [2.45, 2.75) is 13.3 Å². The van der Waals surface area contributed by atoms with Gasteiger partial charge in [0.2, 0.25) is 5.88 Å².